The number of para-hydroxylation sites is 1. The molecular weight excluding hydrogens is 374 g/mol. The second kappa shape index (κ2) is 9.56. The number of ether oxygens (including phenoxy) is 1. The number of carbonyl (C=O) groups excluding carboxylic acids is 1. The van der Waals surface area contributed by atoms with Gasteiger partial charge >= 0.3 is 0 Å². The molecule has 1 amide bonds. The Morgan fingerprint density at radius 2 is 1.93 bits per heavy atom. The Hall–Kier alpha value is -1.59. The van der Waals surface area contributed by atoms with Gasteiger partial charge in [-0.05, 0) is 37.1 Å². The van der Waals surface area contributed by atoms with Gasteiger partial charge in [0.2, 0.25) is 0 Å². The molecule has 3 nitrogen and oxygen atoms in total. The molecule has 0 aliphatic carbocycles. The number of rotatable bonds is 8. The van der Waals surface area contributed by atoms with Crippen LogP contribution in [-0.2, 0) is 4.79 Å². The predicted molar refractivity (Wildman–Crippen MR) is 118 cm³/mol. The summed E-state index contributed by atoms with van der Waals surface area (Å²) in [6, 6.07) is 7.96. The smallest absolute Gasteiger partial charge is 0.266 e. The van der Waals surface area contributed by atoms with E-state index in [4.69, 9.17) is 17.0 Å². The molecular formula is C22H27NO2S2. The minimum absolute atomic E-state index is 0.0329. The zero-order valence-electron chi connectivity index (χ0n) is 16.1. The monoisotopic (exact) mass is 401 g/mol. The first kappa shape index (κ1) is 20.2. The summed E-state index contributed by atoms with van der Waals surface area (Å²) in [5.41, 5.74) is 2.05. The van der Waals surface area contributed by atoms with Crippen molar-refractivity contribution in [1.82, 2.24) is 4.90 Å². The third-order valence-electron chi connectivity index (χ3n) is 4.92. The van der Waals surface area contributed by atoms with E-state index in [-0.39, 0.29) is 12.0 Å². The van der Waals surface area contributed by atoms with E-state index in [9.17, 15) is 4.79 Å². The van der Waals surface area contributed by atoms with Crippen molar-refractivity contribution in [3.05, 3.63) is 46.4 Å². The third-order valence-corrected chi connectivity index (χ3v) is 6.30. The molecule has 0 bridgehead atoms. The number of benzene rings is 1. The van der Waals surface area contributed by atoms with Gasteiger partial charge in [0.1, 0.15) is 16.2 Å². The topological polar surface area (TPSA) is 29.5 Å². The molecule has 0 radical (unpaired) electrons. The minimum Gasteiger partial charge on any atom is -0.485 e. The fourth-order valence-corrected chi connectivity index (χ4v) is 4.62. The molecule has 2 aliphatic heterocycles. The maximum atomic E-state index is 12.8. The van der Waals surface area contributed by atoms with Crippen molar-refractivity contribution in [3.63, 3.8) is 0 Å². The molecule has 1 aromatic rings. The zero-order valence-corrected chi connectivity index (χ0v) is 17.7. The van der Waals surface area contributed by atoms with Crippen LogP contribution in [0.2, 0.25) is 0 Å². The number of fused-ring (bicyclic) bond motifs is 1. The Morgan fingerprint density at radius 3 is 2.74 bits per heavy atom. The minimum atomic E-state index is -0.0815. The van der Waals surface area contributed by atoms with E-state index < -0.39 is 0 Å². The van der Waals surface area contributed by atoms with Crippen molar-refractivity contribution in [1.29, 1.82) is 0 Å². The highest BCUT2D eigenvalue weighted by Crippen LogP contribution is 2.35. The molecule has 1 atom stereocenters. The number of thioether (sulfide) groups is 1. The van der Waals surface area contributed by atoms with Gasteiger partial charge < -0.3 is 4.74 Å². The molecule has 27 heavy (non-hydrogen) atoms. The molecule has 1 unspecified atom stereocenters. The van der Waals surface area contributed by atoms with Crippen molar-refractivity contribution in [2.24, 2.45) is 0 Å². The van der Waals surface area contributed by atoms with Gasteiger partial charge in [0.25, 0.3) is 5.91 Å². The lowest BCUT2D eigenvalue weighted by Gasteiger charge is -2.23. The summed E-state index contributed by atoms with van der Waals surface area (Å²) in [5, 5.41) is 0. The number of hydrogen-bond donors (Lipinski definition) is 0. The SMILES string of the molecule is CCCCCCCCN1C(=O)/C(=C/C2=Cc3ccccc3OC2C)SC1=S. The van der Waals surface area contributed by atoms with Gasteiger partial charge in [0.05, 0.1) is 4.91 Å². The summed E-state index contributed by atoms with van der Waals surface area (Å²) >= 11 is 6.85. The zero-order chi connectivity index (χ0) is 19.2. The lowest BCUT2D eigenvalue weighted by atomic mass is 10.0. The van der Waals surface area contributed by atoms with Crippen molar-refractivity contribution in [3.8, 4) is 5.75 Å². The first-order chi connectivity index (χ1) is 13.1. The van der Waals surface area contributed by atoms with Gasteiger partial charge in [-0.15, -0.1) is 0 Å². The number of thiocarbonyl (C=S) groups is 1. The van der Waals surface area contributed by atoms with Gasteiger partial charge in [-0.25, -0.2) is 0 Å². The highest BCUT2D eigenvalue weighted by Gasteiger charge is 2.32. The molecule has 2 heterocycles. The van der Waals surface area contributed by atoms with E-state index >= 15 is 0 Å². The molecule has 1 aromatic carbocycles. The van der Waals surface area contributed by atoms with E-state index in [2.05, 4.69) is 13.0 Å². The number of carbonyl (C=O) groups is 1. The highest BCUT2D eigenvalue weighted by atomic mass is 32.2. The van der Waals surface area contributed by atoms with Gasteiger partial charge in [-0.2, -0.15) is 0 Å². The number of hydrogen-bond acceptors (Lipinski definition) is 4. The standard InChI is InChI=1S/C22H27NO2S2/c1-3-4-5-6-7-10-13-23-21(24)20(27-22(23)26)15-18-14-17-11-8-9-12-19(17)25-16(18)2/h8-9,11-12,14-16H,3-7,10,13H2,1-2H3/b20-15-. The summed E-state index contributed by atoms with van der Waals surface area (Å²) in [4.78, 5) is 15.2. The summed E-state index contributed by atoms with van der Waals surface area (Å²) < 4.78 is 6.65. The van der Waals surface area contributed by atoms with Crippen LogP contribution < -0.4 is 4.74 Å². The highest BCUT2D eigenvalue weighted by molar-refractivity contribution is 8.26. The predicted octanol–water partition coefficient (Wildman–Crippen LogP) is 5.96. The van der Waals surface area contributed by atoms with Gasteiger partial charge in [-0.1, -0.05) is 81.2 Å². The molecule has 0 N–H and O–H groups in total. The van der Waals surface area contributed by atoms with Crippen molar-refractivity contribution < 1.29 is 9.53 Å². The first-order valence-electron chi connectivity index (χ1n) is 9.82. The molecule has 2 aliphatic rings. The van der Waals surface area contributed by atoms with E-state index in [1.54, 1.807) is 4.90 Å². The van der Waals surface area contributed by atoms with E-state index in [0.29, 0.717) is 9.23 Å². The Labute approximate surface area is 171 Å². The molecule has 1 fully saturated rings. The van der Waals surface area contributed by atoms with Crippen molar-refractivity contribution >= 4 is 40.3 Å². The average Bonchev–Trinajstić information content (AvgIpc) is 2.92. The van der Waals surface area contributed by atoms with Crippen LogP contribution in [0.4, 0.5) is 0 Å². The molecule has 0 spiro atoms. The quantitative estimate of drug-likeness (QED) is 0.305. The number of nitrogens with zero attached hydrogens (tertiary/aromatic N) is 1. The second-order valence-electron chi connectivity index (χ2n) is 7.04. The molecule has 0 aromatic heterocycles. The molecule has 0 saturated carbocycles. The van der Waals surface area contributed by atoms with Gasteiger partial charge in [0.15, 0.2) is 0 Å². The first-order valence-corrected chi connectivity index (χ1v) is 11.0. The summed E-state index contributed by atoms with van der Waals surface area (Å²) in [6.07, 6.45) is 11.2. The van der Waals surface area contributed by atoms with Crippen LogP contribution in [0.3, 0.4) is 0 Å². The summed E-state index contributed by atoms with van der Waals surface area (Å²) in [6.45, 7) is 4.95. The Bertz CT molecular complexity index is 769. The van der Waals surface area contributed by atoms with Crippen LogP contribution in [0.25, 0.3) is 6.08 Å². The number of amides is 1. The average molecular weight is 402 g/mol. The van der Waals surface area contributed by atoms with Crippen molar-refractivity contribution in [2.75, 3.05) is 6.54 Å². The molecule has 1 saturated heterocycles. The Morgan fingerprint density at radius 1 is 1.19 bits per heavy atom. The van der Waals surface area contributed by atoms with Crippen molar-refractivity contribution in [2.45, 2.75) is 58.5 Å². The lowest BCUT2D eigenvalue weighted by Crippen LogP contribution is -2.29. The van der Waals surface area contributed by atoms with Crippen LogP contribution in [0, 0.1) is 0 Å². The lowest BCUT2D eigenvalue weighted by molar-refractivity contribution is -0.122. The third kappa shape index (κ3) is 5.02. The molecule has 3 rings (SSSR count). The fourth-order valence-electron chi connectivity index (χ4n) is 3.32. The van der Waals surface area contributed by atoms with E-state index in [0.717, 1.165) is 36.3 Å². The van der Waals surface area contributed by atoms with Crippen LogP contribution in [-0.4, -0.2) is 27.8 Å². The fraction of sp³-hybridized carbons (Fsp3) is 0.455. The van der Waals surface area contributed by atoms with Crippen LogP contribution in [0.5, 0.6) is 5.75 Å². The van der Waals surface area contributed by atoms with Gasteiger partial charge in [-0.3, -0.25) is 9.69 Å². The van der Waals surface area contributed by atoms with Gasteiger partial charge in [0, 0.05) is 12.1 Å². The normalized spacial score (nSPS) is 20.7. The molecule has 5 heteroatoms. The largest absolute Gasteiger partial charge is 0.485 e. The Balaban J connectivity index is 1.63. The van der Waals surface area contributed by atoms with Crippen LogP contribution in [0.15, 0.2) is 40.8 Å². The maximum Gasteiger partial charge on any atom is 0.266 e. The van der Waals surface area contributed by atoms with Crippen LogP contribution in [0.1, 0.15) is 57.9 Å². The Kier molecular flexibility index (Phi) is 7.13. The summed E-state index contributed by atoms with van der Waals surface area (Å²) in [7, 11) is 0. The maximum absolute atomic E-state index is 12.8. The van der Waals surface area contributed by atoms with Crippen LogP contribution >= 0.6 is 24.0 Å². The van der Waals surface area contributed by atoms with E-state index in [1.165, 1.54) is 37.4 Å². The second-order valence-corrected chi connectivity index (χ2v) is 8.72. The summed E-state index contributed by atoms with van der Waals surface area (Å²) in [5.74, 6) is 0.920. The number of unbranched alkanes of at least 4 members (excludes halogenated alkanes) is 5. The van der Waals surface area contributed by atoms with E-state index in [1.807, 2.05) is 37.3 Å². The molecule has 144 valence electrons.